The van der Waals surface area contributed by atoms with E-state index in [0.29, 0.717) is 34.5 Å². The number of nitrogens with one attached hydrogen (secondary N) is 1. The maximum Gasteiger partial charge on any atom is 0.342 e. The molecule has 0 radical (unpaired) electrons. The molecule has 0 aliphatic heterocycles. The van der Waals surface area contributed by atoms with Crippen molar-refractivity contribution in [2.75, 3.05) is 7.11 Å². The average Bonchev–Trinajstić information content (AvgIpc) is 3.21. The molecule has 3 aromatic rings. The second kappa shape index (κ2) is 9.93. The molecule has 0 spiro atoms. The molecule has 9 heteroatoms. The molecule has 0 bridgehead atoms. The first-order valence-electron chi connectivity index (χ1n) is 9.08. The normalized spacial score (nSPS) is 11.4. The number of aromatic amines is 1. The van der Waals surface area contributed by atoms with E-state index in [1.165, 1.54) is 25.3 Å². The molecule has 2 aromatic carbocycles. The number of carboxylic acid groups (broad SMARTS) is 1. The van der Waals surface area contributed by atoms with Crippen LogP contribution in [-0.4, -0.2) is 33.4 Å². The second-order valence-corrected chi connectivity index (χ2v) is 7.17. The second-order valence-electron chi connectivity index (χ2n) is 6.16. The van der Waals surface area contributed by atoms with Crippen LogP contribution in [0, 0.1) is 5.82 Å². The fourth-order valence-electron chi connectivity index (χ4n) is 2.50. The Hall–Kier alpha value is -3.33. The van der Waals surface area contributed by atoms with E-state index >= 15 is 0 Å². The van der Waals surface area contributed by atoms with Crippen LogP contribution >= 0.6 is 11.8 Å². The van der Waals surface area contributed by atoms with Crippen molar-refractivity contribution >= 4 is 23.8 Å². The Morgan fingerprint density at radius 3 is 2.63 bits per heavy atom. The Bertz CT molecular complexity index is 1050. The summed E-state index contributed by atoms with van der Waals surface area (Å²) < 4.78 is 24.1. The lowest BCUT2D eigenvalue weighted by Crippen LogP contribution is -1.99. The molecule has 0 saturated heterocycles. The number of aromatic nitrogens is 3. The maximum absolute atomic E-state index is 13.0. The minimum absolute atomic E-state index is 0.0682. The van der Waals surface area contributed by atoms with Crippen LogP contribution in [0.4, 0.5) is 4.39 Å². The van der Waals surface area contributed by atoms with E-state index in [0.717, 1.165) is 17.3 Å². The first-order valence-corrected chi connectivity index (χ1v) is 9.89. The highest BCUT2D eigenvalue weighted by Crippen LogP contribution is 2.32. The number of aliphatic carboxylic acids is 1. The molecule has 0 aliphatic rings. The highest BCUT2D eigenvalue weighted by Gasteiger charge is 2.14. The summed E-state index contributed by atoms with van der Waals surface area (Å²) in [5.41, 5.74) is 1.43. The largest absolute Gasteiger partial charge is 0.493 e. The molecule has 0 unspecified atom stereocenters. The molecule has 2 N–H and O–H groups in total. The van der Waals surface area contributed by atoms with E-state index < -0.39 is 5.97 Å². The van der Waals surface area contributed by atoms with Gasteiger partial charge in [0.1, 0.15) is 23.2 Å². The van der Waals surface area contributed by atoms with Gasteiger partial charge in [0.15, 0.2) is 11.5 Å². The number of benzene rings is 2. The number of halogens is 1. The Morgan fingerprint density at radius 2 is 2.00 bits per heavy atom. The summed E-state index contributed by atoms with van der Waals surface area (Å²) in [6.07, 6.45) is 2.19. The van der Waals surface area contributed by atoms with Crippen LogP contribution < -0.4 is 9.47 Å². The topological polar surface area (TPSA) is 97.3 Å². The Morgan fingerprint density at radius 1 is 1.23 bits per heavy atom. The maximum atomic E-state index is 13.0. The van der Waals surface area contributed by atoms with Crippen LogP contribution in [0.3, 0.4) is 0 Å². The summed E-state index contributed by atoms with van der Waals surface area (Å²) in [7, 11) is 1.50. The standard InChI is InChI=1S/C21H20FN3O4S/c1-3-19-23-21(25-24-19)30-18(20(26)27)11-14-6-9-16(17(10-14)28-2)29-12-13-4-7-15(22)8-5-13/h4-11H,3,12H2,1-2H3,(H,26,27)(H,23,24,25)/b18-11-. The quantitative estimate of drug-likeness (QED) is 0.386. The van der Waals surface area contributed by atoms with Gasteiger partial charge in [0.05, 0.1) is 7.11 Å². The molecular weight excluding hydrogens is 409 g/mol. The zero-order chi connectivity index (χ0) is 21.5. The van der Waals surface area contributed by atoms with Gasteiger partial charge in [-0.05, 0) is 53.2 Å². The number of nitrogens with zero attached hydrogens (tertiary/aromatic N) is 2. The van der Waals surface area contributed by atoms with E-state index in [-0.39, 0.29) is 17.3 Å². The van der Waals surface area contributed by atoms with Gasteiger partial charge in [0, 0.05) is 6.42 Å². The summed E-state index contributed by atoms with van der Waals surface area (Å²) in [6.45, 7) is 2.17. The van der Waals surface area contributed by atoms with Crippen molar-refractivity contribution in [1.82, 2.24) is 15.2 Å². The van der Waals surface area contributed by atoms with Crippen molar-refractivity contribution in [1.29, 1.82) is 0 Å². The van der Waals surface area contributed by atoms with Crippen LogP contribution in [0.25, 0.3) is 6.08 Å². The molecule has 156 valence electrons. The van der Waals surface area contributed by atoms with E-state index in [1.54, 1.807) is 30.3 Å². The van der Waals surface area contributed by atoms with Crippen molar-refractivity contribution in [3.8, 4) is 11.5 Å². The molecule has 0 aliphatic carbocycles. The number of hydrogen-bond acceptors (Lipinski definition) is 6. The minimum atomic E-state index is -1.08. The molecule has 1 heterocycles. The van der Waals surface area contributed by atoms with Gasteiger partial charge in [-0.3, -0.25) is 5.10 Å². The molecule has 1 aromatic heterocycles. The average molecular weight is 429 g/mol. The number of carboxylic acids is 1. The number of ether oxygens (including phenoxy) is 2. The molecule has 0 amide bonds. The van der Waals surface area contributed by atoms with Gasteiger partial charge in [-0.25, -0.2) is 14.2 Å². The van der Waals surface area contributed by atoms with Crippen molar-refractivity contribution in [3.05, 3.63) is 70.1 Å². The molecule has 3 rings (SSSR count). The van der Waals surface area contributed by atoms with Gasteiger partial charge in [-0.2, -0.15) is 0 Å². The number of H-pyrrole nitrogens is 1. The van der Waals surface area contributed by atoms with E-state index in [4.69, 9.17) is 9.47 Å². The lowest BCUT2D eigenvalue weighted by Gasteiger charge is -2.12. The summed E-state index contributed by atoms with van der Waals surface area (Å²) in [4.78, 5) is 15.9. The van der Waals surface area contributed by atoms with Crippen LogP contribution in [0.1, 0.15) is 23.9 Å². The van der Waals surface area contributed by atoms with Crippen LogP contribution in [-0.2, 0) is 17.8 Å². The summed E-state index contributed by atoms with van der Waals surface area (Å²) in [5.74, 6) is 0.234. The number of carbonyl (C=O) groups is 1. The molecule has 0 fully saturated rings. The van der Waals surface area contributed by atoms with Crippen LogP contribution in [0.5, 0.6) is 11.5 Å². The third kappa shape index (κ3) is 5.60. The van der Waals surface area contributed by atoms with Crippen LogP contribution in [0.2, 0.25) is 0 Å². The first-order chi connectivity index (χ1) is 14.5. The number of aryl methyl sites for hydroxylation is 1. The van der Waals surface area contributed by atoms with Gasteiger partial charge in [0.25, 0.3) is 0 Å². The highest BCUT2D eigenvalue weighted by molar-refractivity contribution is 8.04. The molecule has 0 atom stereocenters. The predicted octanol–water partition coefficient (Wildman–Crippen LogP) is 4.31. The van der Waals surface area contributed by atoms with Crippen molar-refractivity contribution < 1.29 is 23.8 Å². The van der Waals surface area contributed by atoms with Gasteiger partial charge >= 0.3 is 5.97 Å². The summed E-state index contributed by atoms with van der Waals surface area (Å²) >= 11 is 0.960. The monoisotopic (exact) mass is 429 g/mol. The number of thioether (sulfide) groups is 1. The molecule has 30 heavy (non-hydrogen) atoms. The van der Waals surface area contributed by atoms with E-state index in [1.807, 2.05) is 6.92 Å². The lowest BCUT2D eigenvalue weighted by atomic mass is 10.2. The third-order valence-electron chi connectivity index (χ3n) is 4.05. The van der Waals surface area contributed by atoms with Crippen molar-refractivity contribution in [3.63, 3.8) is 0 Å². The Labute approximate surface area is 176 Å². The first kappa shape index (κ1) is 21.4. The van der Waals surface area contributed by atoms with Gasteiger partial charge in [0.2, 0.25) is 5.16 Å². The minimum Gasteiger partial charge on any atom is -0.493 e. The number of rotatable bonds is 9. The Kier molecular flexibility index (Phi) is 7.08. The van der Waals surface area contributed by atoms with Crippen LogP contribution in [0.15, 0.2) is 52.5 Å². The zero-order valence-electron chi connectivity index (χ0n) is 16.4. The Balaban J connectivity index is 1.77. The molecular formula is C21H20FN3O4S. The third-order valence-corrected chi connectivity index (χ3v) is 4.93. The SMILES string of the molecule is CCc1nc(S/C(=C\c2ccc(OCc3ccc(F)cc3)c(OC)c2)C(=O)O)n[nH]1. The molecule has 7 nitrogen and oxygen atoms in total. The fraction of sp³-hybridized carbons (Fsp3) is 0.190. The van der Waals surface area contributed by atoms with E-state index in [2.05, 4.69) is 15.2 Å². The summed E-state index contributed by atoms with van der Waals surface area (Å²) in [5, 5.41) is 16.6. The van der Waals surface area contributed by atoms with Gasteiger partial charge in [-0.1, -0.05) is 25.1 Å². The fourth-order valence-corrected chi connectivity index (χ4v) is 3.23. The van der Waals surface area contributed by atoms with Gasteiger partial charge < -0.3 is 14.6 Å². The van der Waals surface area contributed by atoms with Crippen molar-refractivity contribution in [2.45, 2.75) is 25.1 Å². The summed E-state index contributed by atoms with van der Waals surface area (Å²) in [6, 6.07) is 11.1. The predicted molar refractivity (Wildman–Crippen MR) is 111 cm³/mol. The van der Waals surface area contributed by atoms with Gasteiger partial charge in [-0.15, -0.1) is 5.10 Å². The number of methoxy groups -OCH3 is 1. The zero-order valence-corrected chi connectivity index (χ0v) is 17.2. The smallest absolute Gasteiger partial charge is 0.342 e. The van der Waals surface area contributed by atoms with E-state index in [9.17, 15) is 14.3 Å². The van der Waals surface area contributed by atoms with Crippen molar-refractivity contribution in [2.24, 2.45) is 0 Å². The highest BCUT2D eigenvalue weighted by atomic mass is 32.2. The lowest BCUT2D eigenvalue weighted by molar-refractivity contribution is -0.131. The number of hydrogen-bond donors (Lipinski definition) is 2. The molecule has 0 saturated carbocycles.